The molecule has 1 heterocycles. The van der Waals surface area contributed by atoms with E-state index in [1.54, 1.807) is 13.1 Å². The molecule has 10 heteroatoms. The van der Waals surface area contributed by atoms with Gasteiger partial charge in [-0.05, 0) is 36.3 Å². The summed E-state index contributed by atoms with van der Waals surface area (Å²) < 4.78 is 5.42. The Balaban J connectivity index is 1.64. The predicted octanol–water partition coefficient (Wildman–Crippen LogP) is 4.05. The fraction of sp³-hybridized carbons (Fsp3) is 0.333. The Labute approximate surface area is 251 Å². The molecule has 3 atom stereocenters. The number of carbonyl (C=O) groups excluding carboxylic acids is 4. The van der Waals surface area contributed by atoms with E-state index in [0.29, 0.717) is 18.4 Å². The lowest BCUT2D eigenvalue weighted by Crippen LogP contribution is -2.51. The van der Waals surface area contributed by atoms with Crippen molar-refractivity contribution in [2.45, 2.75) is 58.3 Å². The van der Waals surface area contributed by atoms with Crippen LogP contribution >= 0.6 is 0 Å². The highest BCUT2D eigenvalue weighted by atomic mass is 16.5. The summed E-state index contributed by atoms with van der Waals surface area (Å²) in [5.41, 5.74) is 8.17. The number of carbonyl (C=O) groups is 4. The van der Waals surface area contributed by atoms with Crippen molar-refractivity contribution in [3.05, 3.63) is 90.3 Å². The van der Waals surface area contributed by atoms with Gasteiger partial charge >= 0.3 is 6.09 Å². The minimum Gasteiger partial charge on any atom is -0.445 e. The number of aldehydes is 1. The van der Waals surface area contributed by atoms with Crippen LogP contribution in [-0.2, 0) is 25.7 Å². The summed E-state index contributed by atoms with van der Waals surface area (Å²) in [6.45, 7) is 5.72. The summed E-state index contributed by atoms with van der Waals surface area (Å²) in [5, 5.41) is 7.42. The first-order valence-corrected chi connectivity index (χ1v) is 14.4. The molecular formula is C33H39N5O5. The van der Waals surface area contributed by atoms with Gasteiger partial charge in [0.2, 0.25) is 11.8 Å². The molecule has 3 aromatic carbocycles. The fourth-order valence-corrected chi connectivity index (χ4v) is 5.03. The van der Waals surface area contributed by atoms with Crippen LogP contribution in [-0.4, -0.2) is 53.9 Å². The van der Waals surface area contributed by atoms with Crippen molar-refractivity contribution in [2.24, 2.45) is 11.7 Å². The third-order valence-electron chi connectivity index (χ3n) is 7.13. The molecule has 0 aromatic heterocycles. The van der Waals surface area contributed by atoms with Crippen LogP contribution in [0.1, 0.15) is 39.2 Å². The van der Waals surface area contributed by atoms with Crippen molar-refractivity contribution in [3.63, 3.8) is 0 Å². The normalized spacial score (nSPS) is 15.0. The highest BCUT2D eigenvalue weighted by Crippen LogP contribution is 2.34. The number of nitrogens with two attached hydrogens (primary N) is 1. The largest absolute Gasteiger partial charge is 0.445 e. The SMILES string of the molecule is CC(C)C[C@@H](C=O)NC(=O)[C@H](CC1=CN(C(=O)[C@H](C)N)CN1c1cccc2ccccc12)NC(=O)OCc1ccccc1. The van der Waals surface area contributed by atoms with Gasteiger partial charge in [-0.1, -0.05) is 80.6 Å². The maximum Gasteiger partial charge on any atom is 0.408 e. The summed E-state index contributed by atoms with van der Waals surface area (Å²) in [6, 6.07) is 20.4. The monoisotopic (exact) mass is 585 g/mol. The molecule has 3 amide bonds. The molecular weight excluding hydrogens is 546 g/mol. The van der Waals surface area contributed by atoms with Crippen molar-refractivity contribution < 1.29 is 23.9 Å². The molecule has 43 heavy (non-hydrogen) atoms. The van der Waals surface area contributed by atoms with E-state index in [0.717, 1.165) is 22.0 Å². The van der Waals surface area contributed by atoms with Crippen LogP contribution in [0.25, 0.3) is 10.8 Å². The van der Waals surface area contributed by atoms with Gasteiger partial charge in [0.1, 0.15) is 25.6 Å². The Hall–Kier alpha value is -4.70. The Bertz CT molecular complexity index is 1470. The second-order valence-corrected chi connectivity index (χ2v) is 11.1. The van der Waals surface area contributed by atoms with Crippen LogP contribution in [0.2, 0.25) is 0 Å². The highest BCUT2D eigenvalue weighted by Gasteiger charge is 2.33. The maximum absolute atomic E-state index is 13.6. The van der Waals surface area contributed by atoms with Gasteiger partial charge in [-0.3, -0.25) is 14.5 Å². The van der Waals surface area contributed by atoms with Crippen molar-refractivity contribution in [2.75, 3.05) is 11.6 Å². The zero-order chi connectivity index (χ0) is 30.9. The Morgan fingerprint density at radius 1 is 0.953 bits per heavy atom. The third-order valence-corrected chi connectivity index (χ3v) is 7.13. The van der Waals surface area contributed by atoms with Gasteiger partial charge in [0.25, 0.3) is 0 Å². The molecule has 0 saturated heterocycles. The van der Waals surface area contributed by atoms with E-state index in [1.807, 2.05) is 91.5 Å². The van der Waals surface area contributed by atoms with E-state index in [4.69, 9.17) is 10.5 Å². The van der Waals surface area contributed by atoms with Crippen molar-refractivity contribution in [1.29, 1.82) is 0 Å². The van der Waals surface area contributed by atoms with Gasteiger partial charge in [0, 0.05) is 23.7 Å². The zero-order valence-electron chi connectivity index (χ0n) is 24.7. The van der Waals surface area contributed by atoms with Crippen LogP contribution in [0.3, 0.4) is 0 Å². The number of ether oxygens (including phenoxy) is 1. The minimum absolute atomic E-state index is 0.0193. The topological polar surface area (TPSA) is 134 Å². The molecule has 4 N–H and O–H groups in total. The van der Waals surface area contributed by atoms with Crippen molar-refractivity contribution >= 4 is 40.7 Å². The van der Waals surface area contributed by atoms with E-state index in [1.165, 1.54) is 4.90 Å². The van der Waals surface area contributed by atoms with Gasteiger partial charge in [0.15, 0.2) is 0 Å². The molecule has 0 saturated carbocycles. The minimum atomic E-state index is -1.10. The molecule has 0 spiro atoms. The Morgan fingerprint density at radius 3 is 2.35 bits per heavy atom. The van der Waals surface area contributed by atoms with E-state index in [9.17, 15) is 19.2 Å². The van der Waals surface area contributed by atoms with E-state index >= 15 is 0 Å². The first kappa shape index (κ1) is 31.2. The first-order valence-electron chi connectivity index (χ1n) is 14.4. The summed E-state index contributed by atoms with van der Waals surface area (Å²) in [7, 11) is 0. The number of rotatable bonds is 12. The molecule has 4 rings (SSSR count). The molecule has 10 nitrogen and oxygen atoms in total. The Morgan fingerprint density at radius 2 is 1.65 bits per heavy atom. The van der Waals surface area contributed by atoms with Gasteiger partial charge in [0.05, 0.1) is 17.8 Å². The number of benzene rings is 3. The number of hydrogen-bond acceptors (Lipinski definition) is 7. The molecule has 0 fully saturated rings. The molecule has 0 bridgehead atoms. The molecule has 0 unspecified atom stereocenters. The quantitative estimate of drug-likeness (QED) is 0.273. The van der Waals surface area contributed by atoms with Crippen LogP contribution in [0.4, 0.5) is 10.5 Å². The lowest BCUT2D eigenvalue weighted by atomic mass is 10.0. The van der Waals surface area contributed by atoms with Crippen molar-refractivity contribution in [3.8, 4) is 0 Å². The predicted molar refractivity (Wildman–Crippen MR) is 165 cm³/mol. The summed E-state index contributed by atoms with van der Waals surface area (Å²) in [6.07, 6.45) is 2.04. The third kappa shape index (κ3) is 8.20. The number of nitrogens with one attached hydrogen (secondary N) is 2. The van der Waals surface area contributed by atoms with E-state index in [-0.39, 0.29) is 31.5 Å². The standard InChI is InChI=1S/C33H39N5O5/c1-22(2)16-26(19-39)35-31(40)29(36-33(42)43-20-24-10-5-4-6-11-24)17-27-18-37(32(41)23(3)34)21-38(27)30-15-9-13-25-12-7-8-14-28(25)30/h4-15,18-19,22-23,26,29H,16-17,20-21,34H2,1-3H3,(H,35,40)(H,36,42)/t23-,26-,29-/m0/s1. The number of nitrogens with zero attached hydrogens (tertiary/aromatic N) is 2. The molecule has 226 valence electrons. The second kappa shape index (κ2) is 14.5. The lowest BCUT2D eigenvalue weighted by molar-refractivity contribution is -0.129. The second-order valence-electron chi connectivity index (χ2n) is 11.1. The van der Waals surface area contributed by atoms with E-state index in [2.05, 4.69) is 10.6 Å². The number of fused-ring (bicyclic) bond motifs is 1. The van der Waals surface area contributed by atoms with E-state index < -0.39 is 30.1 Å². The summed E-state index contributed by atoms with van der Waals surface area (Å²) in [5.74, 6) is -0.658. The van der Waals surface area contributed by atoms with Gasteiger partial charge in [-0.25, -0.2) is 4.79 Å². The molecule has 0 aliphatic carbocycles. The Kier molecular flexibility index (Phi) is 10.5. The maximum atomic E-state index is 13.6. The summed E-state index contributed by atoms with van der Waals surface area (Å²) in [4.78, 5) is 54.7. The van der Waals surface area contributed by atoms with Crippen LogP contribution in [0.15, 0.2) is 84.7 Å². The smallest absolute Gasteiger partial charge is 0.408 e. The summed E-state index contributed by atoms with van der Waals surface area (Å²) >= 11 is 0. The fourth-order valence-electron chi connectivity index (χ4n) is 5.03. The average molecular weight is 586 g/mol. The average Bonchev–Trinajstić information content (AvgIpc) is 3.42. The number of anilines is 1. The lowest BCUT2D eigenvalue weighted by Gasteiger charge is -2.28. The molecule has 0 radical (unpaired) electrons. The first-order chi connectivity index (χ1) is 20.7. The molecule has 1 aliphatic heterocycles. The highest BCUT2D eigenvalue weighted by molar-refractivity contribution is 5.96. The zero-order valence-corrected chi connectivity index (χ0v) is 24.7. The molecule has 1 aliphatic rings. The van der Waals surface area contributed by atoms with Gasteiger partial charge < -0.3 is 30.8 Å². The van der Waals surface area contributed by atoms with Crippen LogP contribution in [0.5, 0.6) is 0 Å². The van der Waals surface area contributed by atoms with Crippen LogP contribution < -0.4 is 21.3 Å². The van der Waals surface area contributed by atoms with Crippen molar-refractivity contribution in [1.82, 2.24) is 15.5 Å². The number of alkyl carbamates (subject to hydrolysis) is 1. The van der Waals surface area contributed by atoms with Crippen LogP contribution in [0, 0.1) is 5.92 Å². The van der Waals surface area contributed by atoms with Gasteiger partial charge in [-0.2, -0.15) is 0 Å². The van der Waals surface area contributed by atoms with Gasteiger partial charge in [-0.15, -0.1) is 0 Å². The molecule has 3 aromatic rings. The number of hydrogen-bond donors (Lipinski definition) is 3. The number of amides is 3.